The minimum Gasteiger partial charge on any atom is -0.458 e. The fourth-order valence-electron chi connectivity index (χ4n) is 3.87. The molecular weight excluding hydrogens is 316 g/mol. The highest BCUT2D eigenvalue weighted by Gasteiger charge is 2.39. The van der Waals surface area contributed by atoms with E-state index >= 15 is 0 Å². The number of aliphatic hydroxyl groups excluding tert-OH is 2. The Morgan fingerprint density at radius 3 is 2.60 bits per heavy atom. The largest absolute Gasteiger partial charge is 0.458 e. The third-order valence-corrected chi connectivity index (χ3v) is 5.39. The van der Waals surface area contributed by atoms with Gasteiger partial charge in [-0.15, -0.1) is 0 Å². The van der Waals surface area contributed by atoms with Gasteiger partial charge in [-0.2, -0.15) is 0 Å². The molecule has 0 aromatic heterocycles. The predicted octanol–water partition coefficient (Wildman–Crippen LogP) is 4.53. The number of aliphatic hydroxyl groups is 2. The van der Waals surface area contributed by atoms with E-state index in [2.05, 4.69) is 13.0 Å². The molecule has 0 amide bonds. The topological polar surface area (TPSA) is 66.8 Å². The summed E-state index contributed by atoms with van der Waals surface area (Å²) in [4.78, 5) is 11.4. The molecule has 0 aromatic rings. The van der Waals surface area contributed by atoms with Gasteiger partial charge >= 0.3 is 5.97 Å². The third kappa shape index (κ3) is 8.37. The van der Waals surface area contributed by atoms with Gasteiger partial charge in [0.25, 0.3) is 0 Å². The van der Waals surface area contributed by atoms with Crippen LogP contribution in [0.25, 0.3) is 0 Å². The van der Waals surface area contributed by atoms with Crippen LogP contribution in [-0.2, 0) is 9.53 Å². The Bertz CT molecular complexity index is 393. The number of carbonyl (C=O) groups excluding carboxylic acids is 1. The number of rotatable bonds is 13. The molecule has 2 N–H and O–H groups in total. The average Bonchev–Trinajstić information content (AvgIpc) is 2.93. The summed E-state index contributed by atoms with van der Waals surface area (Å²) in [5.41, 5.74) is -0.164. The van der Waals surface area contributed by atoms with Gasteiger partial charge in [-0.25, -0.2) is 0 Å². The maximum atomic E-state index is 11.4. The van der Waals surface area contributed by atoms with Crippen molar-refractivity contribution in [1.82, 2.24) is 0 Å². The molecule has 1 aliphatic rings. The molecule has 1 saturated carbocycles. The zero-order valence-electron chi connectivity index (χ0n) is 16.2. The first-order valence-corrected chi connectivity index (χ1v) is 10.2. The van der Waals surface area contributed by atoms with Crippen LogP contribution in [0.1, 0.15) is 90.9 Å². The summed E-state index contributed by atoms with van der Waals surface area (Å²) in [5, 5.41) is 19.4. The Labute approximate surface area is 153 Å². The quantitative estimate of drug-likeness (QED) is 0.290. The lowest BCUT2D eigenvalue weighted by molar-refractivity contribution is -0.144. The van der Waals surface area contributed by atoms with E-state index < -0.39 is 0 Å². The van der Waals surface area contributed by atoms with E-state index in [1.807, 2.05) is 6.08 Å². The Morgan fingerprint density at radius 2 is 2.00 bits per heavy atom. The van der Waals surface area contributed by atoms with E-state index in [0.717, 1.165) is 77.0 Å². The highest BCUT2D eigenvalue weighted by molar-refractivity contribution is 5.66. The number of unbranched alkanes of at least 4 members (excludes halogenated alkanes) is 5. The Hall–Kier alpha value is -0.870. The zero-order chi connectivity index (χ0) is 18.5. The van der Waals surface area contributed by atoms with Crippen molar-refractivity contribution in [3.05, 3.63) is 12.2 Å². The van der Waals surface area contributed by atoms with Crippen molar-refractivity contribution in [3.8, 4) is 0 Å². The number of carbonyl (C=O) groups is 1. The van der Waals surface area contributed by atoms with Crippen LogP contribution in [0.15, 0.2) is 12.2 Å². The molecule has 25 heavy (non-hydrogen) atoms. The molecule has 0 heterocycles. The summed E-state index contributed by atoms with van der Waals surface area (Å²) in [6.07, 6.45) is 15.8. The molecule has 1 unspecified atom stereocenters. The maximum Gasteiger partial charge on any atom is 0.303 e. The molecule has 1 rings (SSSR count). The average molecular weight is 355 g/mol. The summed E-state index contributed by atoms with van der Waals surface area (Å²) < 4.78 is 5.46. The molecule has 0 radical (unpaired) electrons. The van der Waals surface area contributed by atoms with Crippen LogP contribution in [0.2, 0.25) is 0 Å². The molecule has 4 nitrogen and oxygen atoms in total. The lowest BCUT2D eigenvalue weighted by Crippen LogP contribution is -2.28. The summed E-state index contributed by atoms with van der Waals surface area (Å²) in [6, 6.07) is 0. The van der Waals surface area contributed by atoms with Gasteiger partial charge in [-0.3, -0.25) is 4.79 Å². The van der Waals surface area contributed by atoms with Crippen molar-refractivity contribution in [3.63, 3.8) is 0 Å². The van der Waals surface area contributed by atoms with Gasteiger partial charge in [0.15, 0.2) is 0 Å². The molecule has 146 valence electrons. The fourth-order valence-corrected chi connectivity index (χ4v) is 3.87. The smallest absolute Gasteiger partial charge is 0.303 e. The second kappa shape index (κ2) is 12.5. The van der Waals surface area contributed by atoms with Crippen molar-refractivity contribution < 1.29 is 19.7 Å². The third-order valence-electron chi connectivity index (χ3n) is 5.39. The Morgan fingerprint density at radius 1 is 1.24 bits per heavy atom. The van der Waals surface area contributed by atoms with Gasteiger partial charge in [0, 0.05) is 18.9 Å². The fraction of sp³-hybridized carbons (Fsp3) is 0.857. The first kappa shape index (κ1) is 22.2. The molecule has 3 atom stereocenters. The van der Waals surface area contributed by atoms with Crippen LogP contribution in [0.3, 0.4) is 0 Å². The Balaban J connectivity index is 2.65. The van der Waals surface area contributed by atoms with Gasteiger partial charge in [0.1, 0.15) is 6.10 Å². The van der Waals surface area contributed by atoms with Crippen molar-refractivity contribution >= 4 is 5.97 Å². The van der Waals surface area contributed by atoms with Gasteiger partial charge in [-0.05, 0) is 51.0 Å². The standard InChI is InChI=1S/C21H38O4/c1-3-4-7-11-19(25-18(2)23)13-16-21(15-10-12-20(21)24)14-8-5-6-9-17-22/h13,16,19-20,22,24H,3-12,14-15,17H2,1-2H3/b16-13+/t19?,20-,21-/m1/s1. The maximum absolute atomic E-state index is 11.4. The van der Waals surface area contributed by atoms with Crippen LogP contribution in [0.5, 0.6) is 0 Å². The highest BCUT2D eigenvalue weighted by atomic mass is 16.5. The highest BCUT2D eigenvalue weighted by Crippen LogP contribution is 2.44. The molecule has 1 aliphatic carbocycles. The summed E-state index contributed by atoms with van der Waals surface area (Å²) >= 11 is 0. The summed E-state index contributed by atoms with van der Waals surface area (Å²) in [5.74, 6) is -0.240. The SMILES string of the molecule is CCCCCC(/C=C/[C@@]1(CCCCCCO)CCC[C@H]1O)OC(C)=O. The van der Waals surface area contributed by atoms with E-state index in [0.29, 0.717) is 0 Å². The monoisotopic (exact) mass is 354 g/mol. The van der Waals surface area contributed by atoms with Crippen LogP contribution in [-0.4, -0.2) is 35.0 Å². The normalized spacial score (nSPS) is 24.7. The number of ether oxygens (including phenoxy) is 1. The van der Waals surface area contributed by atoms with Gasteiger partial charge in [-0.1, -0.05) is 45.1 Å². The van der Waals surface area contributed by atoms with Crippen LogP contribution >= 0.6 is 0 Å². The van der Waals surface area contributed by atoms with Crippen LogP contribution in [0.4, 0.5) is 0 Å². The number of hydrogen-bond donors (Lipinski definition) is 2. The van der Waals surface area contributed by atoms with Crippen molar-refractivity contribution in [1.29, 1.82) is 0 Å². The number of hydrogen-bond acceptors (Lipinski definition) is 4. The zero-order valence-corrected chi connectivity index (χ0v) is 16.2. The molecule has 4 heteroatoms. The molecule has 0 aliphatic heterocycles. The minimum atomic E-state index is -0.296. The molecule has 0 aromatic carbocycles. The predicted molar refractivity (Wildman–Crippen MR) is 101 cm³/mol. The van der Waals surface area contributed by atoms with E-state index in [-0.39, 0.29) is 30.2 Å². The van der Waals surface area contributed by atoms with Crippen molar-refractivity contribution in [2.75, 3.05) is 6.61 Å². The first-order chi connectivity index (χ1) is 12.0. The number of esters is 1. The summed E-state index contributed by atoms with van der Waals surface area (Å²) in [6.45, 7) is 3.88. The summed E-state index contributed by atoms with van der Waals surface area (Å²) in [7, 11) is 0. The minimum absolute atomic E-state index is 0.164. The first-order valence-electron chi connectivity index (χ1n) is 10.2. The van der Waals surface area contributed by atoms with E-state index in [1.165, 1.54) is 6.92 Å². The van der Waals surface area contributed by atoms with Gasteiger partial charge < -0.3 is 14.9 Å². The van der Waals surface area contributed by atoms with Gasteiger partial charge in [0.05, 0.1) is 6.10 Å². The van der Waals surface area contributed by atoms with E-state index in [9.17, 15) is 9.90 Å². The van der Waals surface area contributed by atoms with Gasteiger partial charge in [0.2, 0.25) is 0 Å². The Kier molecular flexibility index (Phi) is 11.1. The second-order valence-corrected chi connectivity index (χ2v) is 7.53. The lowest BCUT2D eigenvalue weighted by atomic mass is 9.78. The molecule has 0 spiro atoms. The molecule has 0 bridgehead atoms. The lowest BCUT2D eigenvalue weighted by Gasteiger charge is -2.30. The second-order valence-electron chi connectivity index (χ2n) is 7.53. The van der Waals surface area contributed by atoms with Crippen LogP contribution in [0, 0.1) is 5.41 Å². The molecule has 1 fully saturated rings. The van der Waals surface area contributed by atoms with Crippen molar-refractivity contribution in [2.45, 2.75) is 103 Å². The van der Waals surface area contributed by atoms with Crippen LogP contribution < -0.4 is 0 Å². The molecule has 0 saturated heterocycles. The van der Waals surface area contributed by atoms with Crippen molar-refractivity contribution in [2.24, 2.45) is 5.41 Å². The van der Waals surface area contributed by atoms with E-state index in [4.69, 9.17) is 9.84 Å². The van der Waals surface area contributed by atoms with E-state index in [1.54, 1.807) is 0 Å². The molecular formula is C21H38O4.